The van der Waals surface area contributed by atoms with Crippen LogP contribution in [0.2, 0.25) is 5.02 Å². The average Bonchev–Trinajstić information content (AvgIpc) is 3.07. The van der Waals surface area contributed by atoms with Crippen molar-refractivity contribution in [3.63, 3.8) is 0 Å². The normalized spacial score (nSPS) is 11.2. The fraction of sp³-hybridized carbons (Fsp3) is 0.286. The summed E-state index contributed by atoms with van der Waals surface area (Å²) in [4.78, 5) is 0. The molecule has 30 heavy (non-hydrogen) atoms. The fourth-order valence-electron chi connectivity index (χ4n) is 2.60. The second kappa shape index (κ2) is 10.3. The van der Waals surface area contributed by atoms with E-state index in [0.717, 1.165) is 11.3 Å². The molecule has 3 rings (SSSR count). The van der Waals surface area contributed by atoms with Crippen molar-refractivity contribution in [2.45, 2.75) is 33.5 Å². The third-order valence-corrected chi connectivity index (χ3v) is 4.38. The van der Waals surface area contributed by atoms with Crippen molar-refractivity contribution in [3.8, 4) is 17.2 Å². The van der Waals surface area contributed by atoms with Gasteiger partial charge in [0, 0.05) is 0 Å². The Morgan fingerprint density at radius 1 is 1.23 bits per heavy atom. The topological polar surface area (TPSA) is 73.7 Å². The molecule has 7 nitrogen and oxygen atoms in total. The lowest BCUT2D eigenvalue weighted by atomic mass is 10.2. The molecule has 0 aliphatic carbocycles. The number of hydrogen-bond acceptors (Lipinski definition) is 6. The zero-order valence-corrected chi connectivity index (χ0v) is 18.5. The predicted octanol–water partition coefficient (Wildman–Crippen LogP) is 5.24. The number of H-pyrrole nitrogens is 1. The molecule has 0 unspecified atom stereocenters. The van der Waals surface area contributed by atoms with Crippen molar-refractivity contribution in [1.29, 1.82) is 0 Å². The van der Waals surface area contributed by atoms with Crippen molar-refractivity contribution in [1.82, 2.24) is 14.9 Å². The lowest BCUT2D eigenvalue weighted by molar-refractivity contribution is 0.224. The van der Waals surface area contributed by atoms with Crippen molar-refractivity contribution in [3.05, 3.63) is 63.6 Å². The lowest BCUT2D eigenvalue weighted by Crippen LogP contribution is -2.08. The summed E-state index contributed by atoms with van der Waals surface area (Å²) in [6.07, 6.45) is 1.60. The number of benzene rings is 2. The Bertz CT molecular complexity index is 1060. The maximum atomic E-state index is 6.42. The number of halogens is 1. The Morgan fingerprint density at radius 2 is 2.00 bits per heavy atom. The van der Waals surface area contributed by atoms with Crippen molar-refractivity contribution in [2.75, 3.05) is 6.61 Å². The molecule has 0 radical (unpaired) electrons. The van der Waals surface area contributed by atoms with E-state index in [9.17, 15) is 0 Å². The Balaban J connectivity index is 1.83. The zero-order valence-electron chi connectivity index (χ0n) is 17.0. The summed E-state index contributed by atoms with van der Waals surface area (Å²) < 4.78 is 19.1. The summed E-state index contributed by atoms with van der Waals surface area (Å²) in [6, 6.07) is 13.0. The molecule has 0 aliphatic heterocycles. The van der Waals surface area contributed by atoms with Crippen LogP contribution in [0.25, 0.3) is 0 Å². The highest BCUT2D eigenvalue weighted by molar-refractivity contribution is 7.71. The number of hydrogen-bond donors (Lipinski definition) is 1. The molecule has 0 atom stereocenters. The minimum atomic E-state index is -0.0299. The number of ether oxygens (including phenoxy) is 3. The molecule has 9 heteroatoms. The van der Waals surface area contributed by atoms with Crippen LogP contribution in [0.3, 0.4) is 0 Å². The highest BCUT2D eigenvalue weighted by Crippen LogP contribution is 2.37. The van der Waals surface area contributed by atoms with E-state index >= 15 is 0 Å². The molecule has 158 valence electrons. The van der Waals surface area contributed by atoms with Gasteiger partial charge in [0.25, 0.3) is 0 Å². The van der Waals surface area contributed by atoms with E-state index in [4.69, 9.17) is 38.0 Å². The first kappa shape index (κ1) is 21.9. The monoisotopic (exact) mass is 446 g/mol. The minimum Gasteiger partial charge on any atom is -0.490 e. The summed E-state index contributed by atoms with van der Waals surface area (Å²) in [6.45, 7) is 6.46. The molecule has 1 aromatic heterocycles. The van der Waals surface area contributed by atoms with Crippen LogP contribution in [0, 0.1) is 4.77 Å². The molecule has 0 spiro atoms. The molecule has 3 aromatic rings. The van der Waals surface area contributed by atoms with Crippen molar-refractivity contribution in [2.24, 2.45) is 5.10 Å². The van der Waals surface area contributed by atoms with Gasteiger partial charge in [-0.2, -0.15) is 14.9 Å². The Hall–Kier alpha value is -2.84. The number of rotatable bonds is 9. The van der Waals surface area contributed by atoms with Gasteiger partial charge in [0.05, 0.1) is 23.9 Å². The van der Waals surface area contributed by atoms with Gasteiger partial charge in [0.2, 0.25) is 4.77 Å². The van der Waals surface area contributed by atoms with E-state index in [2.05, 4.69) is 15.3 Å². The van der Waals surface area contributed by atoms with E-state index in [1.165, 1.54) is 4.68 Å². The number of nitrogens with zero attached hydrogens (tertiary/aromatic N) is 3. The highest BCUT2D eigenvalue weighted by Gasteiger charge is 2.14. The van der Waals surface area contributed by atoms with Crippen molar-refractivity contribution >= 4 is 30.0 Å². The first-order valence-electron chi connectivity index (χ1n) is 9.49. The SMILES string of the molecule is CCOc1cc(/C=N\n2c(COc3ccccc3)n[nH]c2=S)cc(Cl)c1OC(C)C. The molecule has 1 heterocycles. The molecular formula is C21H23ClN4O3S. The molecular weight excluding hydrogens is 424 g/mol. The van der Waals surface area contributed by atoms with Crippen LogP contribution in [0.15, 0.2) is 47.6 Å². The highest BCUT2D eigenvalue weighted by atomic mass is 35.5. The molecule has 0 fully saturated rings. The second-order valence-corrected chi connectivity index (χ2v) is 7.33. The van der Waals surface area contributed by atoms with Crippen LogP contribution in [0.1, 0.15) is 32.2 Å². The molecule has 2 aromatic carbocycles. The van der Waals surface area contributed by atoms with Gasteiger partial charge in [-0.05, 0) is 62.8 Å². The number of para-hydroxylation sites is 1. The largest absolute Gasteiger partial charge is 0.490 e. The number of aromatic amines is 1. The first-order chi connectivity index (χ1) is 14.5. The average molecular weight is 447 g/mol. The molecule has 1 N–H and O–H groups in total. The van der Waals surface area contributed by atoms with Gasteiger partial charge in [-0.25, -0.2) is 5.10 Å². The van der Waals surface area contributed by atoms with Gasteiger partial charge in [-0.3, -0.25) is 0 Å². The fourth-order valence-corrected chi connectivity index (χ4v) is 3.06. The summed E-state index contributed by atoms with van der Waals surface area (Å²) >= 11 is 11.7. The van der Waals surface area contributed by atoms with Gasteiger partial charge < -0.3 is 14.2 Å². The molecule has 0 saturated carbocycles. The van der Waals surface area contributed by atoms with Crippen LogP contribution < -0.4 is 14.2 Å². The maximum absolute atomic E-state index is 6.42. The van der Waals surface area contributed by atoms with E-state index in [0.29, 0.717) is 33.7 Å². The van der Waals surface area contributed by atoms with Crippen molar-refractivity contribution < 1.29 is 14.2 Å². The Morgan fingerprint density at radius 3 is 2.70 bits per heavy atom. The Kier molecular flexibility index (Phi) is 7.48. The number of aromatic nitrogens is 3. The first-order valence-corrected chi connectivity index (χ1v) is 10.3. The van der Waals surface area contributed by atoms with Crippen LogP contribution in [0.4, 0.5) is 0 Å². The summed E-state index contributed by atoms with van der Waals surface area (Å²) in [5.41, 5.74) is 0.734. The van der Waals surface area contributed by atoms with Gasteiger partial charge in [-0.15, -0.1) is 0 Å². The van der Waals surface area contributed by atoms with Crippen LogP contribution >= 0.6 is 23.8 Å². The quantitative estimate of drug-likeness (QED) is 0.359. The van der Waals surface area contributed by atoms with E-state index in [1.54, 1.807) is 12.3 Å². The molecule has 0 bridgehead atoms. The summed E-state index contributed by atoms with van der Waals surface area (Å²) in [5.74, 6) is 2.35. The van der Waals surface area contributed by atoms with E-state index in [1.807, 2.05) is 57.2 Å². The van der Waals surface area contributed by atoms with E-state index < -0.39 is 0 Å². The Labute approximate surface area is 185 Å². The number of nitrogens with one attached hydrogen (secondary N) is 1. The van der Waals surface area contributed by atoms with Gasteiger partial charge in [-0.1, -0.05) is 29.8 Å². The van der Waals surface area contributed by atoms with Crippen LogP contribution in [-0.4, -0.2) is 33.8 Å². The van der Waals surface area contributed by atoms with Gasteiger partial charge >= 0.3 is 0 Å². The summed E-state index contributed by atoms with van der Waals surface area (Å²) in [7, 11) is 0. The van der Waals surface area contributed by atoms with Gasteiger partial charge in [0.15, 0.2) is 17.3 Å². The van der Waals surface area contributed by atoms with E-state index in [-0.39, 0.29) is 12.7 Å². The van der Waals surface area contributed by atoms with Crippen LogP contribution in [-0.2, 0) is 6.61 Å². The molecule has 0 saturated heterocycles. The standard InChI is InChI=1S/C21H23ClN4O3S/c1-4-27-18-11-15(10-17(22)20(18)29-14(2)3)12-23-26-19(24-25-21(26)30)13-28-16-8-6-5-7-9-16/h5-12,14H,4,13H2,1-3H3,(H,25,30)/b23-12-. The van der Waals surface area contributed by atoms with Crippen LogP contribution in [0.5, 0.6) is 17.2 Å². The maximum Gasteiger partial charge on any atom is 0.216 e. The predicted molar refractivity (Wildman–Crippen MR) is 120 cm³/mol. The second-order valence-electron chi connectivity index (χ2n) is 6.53. The summed E-state index contributed by atoms with van der Waals surface area (Å²) in [5, 5.41) is 11.8. The third kappa shape index (κ3) is 5.61. The van der Waals surface area contributed by atoms with Gasteiger partial charge in [0.1, 0.15) is 12.4 Å². The molecule has 0 amide bonds. The lowest BCUT2D eigenvalue weighted by Gasteiger charge is -2.16. The third-order valence-electron chi connectivity index (χ3n) is 3.84. The minimum absolute atomic E-state index is 0.0299. The molecule has 0 aliphatic rings. The zero-order chi connectivity index (χ0) is 21.5. The smallest absolute Gasteiger partial charge is 0.216 e.